The fourth-order valence-corrected chi connectivity index (χ4v) is 2.14. The molecule has 0 saturated carbocycles. The maximum Gasteiger partial charge on any atom is 0.225 e. The molecule has 0 bridgehead atoms. The van der Waals surface area contributed by atoms with E-state index < -0.39 is 0 Å². The molecule has 1 aliphatic rings. The topological polar surface area (TPSA) is 32.3 Å². The van der Waals surface area contributed by atoms with Crippen molar-refractivity contribution in [1.82, 2.24) is 10.2 Å². The lowest BCUT2D eigenvalue weighted by Gasteiger charge is -2.32. The molecule has 1 aliphatic heterocycles. The van der Waals surface area contributed by atoms with Gasteiger partial charge >= 0.3 is 0 Å². The summed E-state index contributed by atoms with van der Waals surface area (Å²) in [5, 5.41) is 3.38. The Morgan fingerprint density at radius 2 is 2.27 bits per heavy atom. The molecule has 0 spiro atoms. The highest BCUT2D eigenvalue weighted by molar-refractivity contribution is 5.79. The second-order valence-corrected chi connectivity index (χ2v) is 4.78. The average Bonchev–Trinajstić information content (AvgIpc) is 2.26. The lowest BCUT2D eigenvalue weighted by Crippen LogP contribution is -2.45. The quantitative estimate of drug-likeness (QED) is 0.771. The SMILES string of the molecule is CCC(C)N(C)C(=O)C1CCNC(C)C1. The van der Waals surface area contributed by atoms with Gasteiger partial charge in [-0.2, -0.15) is 0 Å². The molecule has 3 atom stereocenters. The van der Waals surface area contributed by atoms with Crippen molar-refractivity contribution in [1.29, 1.82) is 0 Å². The monoisotopic (exact) mass is 212 g/mol. The zero-order valence-electron chi connectivity index (χ0n) is 10.4. The van der Waals surface area contributed by atoms with Crippen molar-refractivity contribution in [2.45, 2.75) is 52.1 Å². The summed E-state index contributed by atoms with van der Waals surface area (Å²) in [4.78, 5) is 14.1. The van der Waals surface area contributed by atoms with Crippen LogP contribution >= 0.6 is 0 Å². The van der Waals surface area contributed by atoms with Crippen LogP contribution in [-0.4, -0.2) is 36.5 Å². The number of hydrogen-bond donors (Lipinski definition) is 1. The number of nitrogens with one attached hydrogen (secondary N) is 1. The van der Waals surface area contributed by atoms with E-state index >= 15 is 0 Å². The zero-order chi connectivity index (χ0) is 11.4. The first-order valence-electron chi connectivity index (χ1n) is 6.06. The van der Waals surface area contributed by atoms with Crippen LogP contribution in [0, 0.1) is 5.92 Å². The number of carbonyl (C=O) groups excluding carboxylic acids is 1. The Hall–Kier alpha value is -0.570. The summed E-state index contributed by atoms with van der Waals surface area (Å²) in [7, 11) is 1.93. The van der Waals surface area contributed by atoms with Crippen LogP contribution in [0.3, 0.4) is 0 Å². The van der Waals surface area contributed by atoms with Crippen LogP contribution in [0.15, 0.2) is 0 Å². The Morgan fingerprint density at radius 1 is 1.60 bits per heavy atom. The van der Waals surface area contributed by atoms with Gasteiger partial charge in [-0.05, 0) is 39.7 Å². The minimum absolute atomic E-state index is 0.236. The predicted molar refractivity (Wildman–Crippen MR) is 62.7 cm³/mol. The molecule has 1 amide bonds. The maximum atomic E-state index is 12.1. The largest absolute Gasteiger partial charge is 0.343 e. The van der Waals surface area contributed by atoms with Crippen LogP contribution < -0.4 is 5.32 Å². The molecule has 1 fully saturated rings. The summed E-state index contributed by atoms with van der Waals surface area (Å²) in [6, 6.07) is 0.848. The van der Waals surface area contributed by atoms with Gasteiger partial charge < -0.3 is 10.2 Å². The fraction of sp³-hybridized carbons (Fsp3) is 0.917. The fourth-order valence-electron chi connectivity index (χ4n) is 2.14. The highest BCUT2D eigenvalue weighted by atomic mass is 16.2. The van der Waals surface area contributed by atoms with E-state index in [0.717, 1.165) is 25.8 Å². The van der Waals surface area contributed by atoms with Crippen LogP contribution in [0.1, 0.15) is 40.0 Å². The smallest absolute Gasteiger partial charge is 0.225 e. The van der Waals surface area contributed by atoms with Crippen LogP contribution in [0.4, 0.5) is 0 Å². The number of nitrogens with zero attached hydrogens (tertiary/aromatic N) is 1. The van der Waals surface area contributed by atoms with E-state index in [1.54, 1.807) is 0 Å². The molecule has 0 aromatic rings. The third-order valence-electron chi connectivity index (χ3n) is 3.57. The summed E-state index contributed by atoms with van der Waals surface area (Å²) in [6.07, 6.45) is 3.01. The summed E-state index contributed by atoms with van der Waals surface area (Å²) < 4.78 is 0. The zero-order valence-corrected chi connectivity index (χ0v) is 10.4. The van der Waals surface area contributed by atoms with E-state index in [9.17, 15) is 4.79 Å². The molecular weight excluding hydrogens is 188 g/mol. The number of amides is 1. The van der Waals surface area contributed by atoms with Crippen molar-refractivity contribution in [2.24, 2.45) is 5.92 Å². The molecule has 1 N–H and O–H groups in total. The van der Waals surface area contributed by atoms with Gasteiger partial charge in [0.1, 0.15) is 0 Å². The summed E-state index contributed by atoms with van der Waals surface area (Å²) in [5.74, 6) is 0.568. The highest BCUT2D eigenvalue weighted by Crippen LogP contribution is 2.19. The first-order chi connectivity index (χ1) is 7.06. The van der Waals surface area contributed by atoms with Crippen molar-refractivity contribution in [3.63, 3.8) is 0 Å². The van der Waals surface area contributed by atoms with Crippen molar-refractivity contribution in [3.05, 3.63) is 0 Å². The summed E-state index contributed by atoms with van der Waals surface area (Å²) >= 11 is 0. The third kappa shape index (κ3) is 3.20. The second kappa shape index (κ2) is 5.50. The molecular formula is C12H24N2O. The lowest BCUT2D eigenvalue weighted by atomic mass is 9.91. The van der Waals surface area contributed by atoms with Crippen molar-refractivity contribution < 1.29 is 4.79 Å². The highest BCUT2D eigenvalue weighted by Gasteiger charge is 2.28. The van der Waals surface area contributed by atoms with E-state index in [1.807, 2.05) is 11.9 Å². The Bertz CT molecular complexity index is 218. The van der Waals surface area contributed by atoms with Crippen LogP contribution in [0.2, 0.25) is 0 Å². The predicted octanol–water partition coefficient (Wildman–Crippen LogP) is 1.63. The first-order valence-corrected chi connectivity index (χ1v) is 6.06. The van der Waals surface area contributed by atoms with Crippen LogP contribution in [0.5, 0.6) is 0 Å². The number of hydrogen-bond acceptors (Lipinski definition) is 2. The van der Waals surface area contributed by atoms with Crippen molar-refractivity contribution >= 4 is 5.91 Å². The number of rotatable bonds is 3. The maximum absolute atomic E-state index is 12.1. The molecule has 1 heterocycles. The van der Waals surface area contributed by atoms with E-state index in [0.29, 0.717) is 18.0 Å². The Kier molecular flexibility index (Phi) is 4.58. The molecule has 15 heavy (non-hydrogen) atoms. The van der Waals surface area contributed by atoms with E-state index in [2.05, 4.69) is 26.1 Å². The molecule has 1 saturated heterocycles. The summed E-state index contributed by atoms with van der Waals surface area (Å²) in [6.45, 7) is 7.37. The van der Waals surface area contributed by atoms with Gasteiger partial charge in [-0.15, -0.1) is 0 Å². The van der Waals surface area contributed by atoms with E-state index in [4.69, 9.17) is 0 Å². The van der Waals surface area contributed by atoms with Crippen molar-refractivity contribution in [2.75, 3.05) is 13.6 Å². The second-order valence-electron chi connectivity index (χ2n) is 4.78. The molecule has 3 heteroatoms. The Morgan fingerprint density at radius 3 is 2.80 bits per heavy atom. The van der Waals surface area contributed by atoms with Gasteiger partial charge in [-0.1, -0.05) is 6.92 Å². The first kappa shape index (κ1) is 12.5. The molecule has 3 unspecified atom stereocenters. The molecule has 0 aromatic heterocycles. The summed E-state index contributed by atoms with van der Waals surface area (Å²) in [5.41, 5.74) is 0. The lowest BCUT2D eigenvalue weighted by molar-refractivity contribution is -0.137. The molecule has 0 aromatic carbocycles. The van der Waals surface area contributed by atoms with E-state index in [-0.39, 0.29) is 5.92 Å². The van der Waals surface area contributed by atoms with Gasteiger partial charge in [0.2, 0.25) is 5.91 Å². The minimum atomic E-state index is 0.236. The van der Waals surface area contributed by atoms with Gasteiger partial charge in [-0.3, -0.25) is 4.79 Å². The molecule has 3 nitrogen and oxygen atoms in total. The van der Waals surface area contributed by atoms with Crippen LogP contribution in [-0.2, 0) is 4.79 Å². The minimum Gasteiger partial charge on any atom is -0.343 e. The van der Waals surface area contributed by atoms with Gasteiger partial charge in [0.25, 0.3) is 0 Å². The van der Waals surface area contributed by atoms with E-state index in [1.165, 1.54) is 0 Å². The Balaban J connectivity index is 2.51. The number of carbonyl (C=O) groups is 1. The van der Waals surface area contributed by atoms with Gasteiger partial charge in [0, 0.05) is 25.0 Å². The van der Waals surface area contributed by atoms with Crippen molar-refractivity contribution in [3.8, 4) is 0 Å². The van der Waals surface area contributed by atoms with Gasteiger partial charge in [0.05, 0.1) is 0 Å². The normalized spacial score (nSPS) is 28.5. The third-order valence-corrected chi connectivity index (χ3v) is 3.57. The average molecular weight is 212 g/mol. The molecule has 88 valence electrons. The molecule has 0 aliphatic carbocycles. The number of piperidine rings is 1. The van der Waals surface area contributed by atoms with Gasteiger partial charge in [-0.25, -0.2) is 0 Å². The van der Waals surface area contributed by atoms with Crippen LogP contribution in [0.25, 0.3) is 0 Å². The molecule has 1 rings (SSSR count). The van der Waals surface area contributed by atoms with Gasteiger partial charge in [0.15, 0.2) is 0 Å². The standard InChI is InChI=1S/C12H24N2O/c1-5-10(3)14(4)12(15)11-6-7-13-9(2)8-11/h9-11,13H,5-8H2,1-4H3. The Labute approximate surface area is 93.2 Å². The molecule has 0 radical (unpaired) electrons.